The Bertz CT molecular complexity index is 460. The number of benzene rings is 1. The van der Waals surface area contributed by atoms with E-state index in [9.17, 15) is 4.79 Å². The van der Waals surface area contributed by atoms with Gasteiger partial charge in [-0.05, 0) is 32.4 Å². The van der Waals surface area contributed by atoms with Crippen LogP contribution in [0.1, 0.15) is 20.3 Å². The van der Waals surface area contributed by atoms with E-state index in [0.29, 0.717) is 5.92 Å². The van der Waals surface area contributed by atoms with Gasteiger partial charge in [0.2, 0.25) is 0 Å². The Kier molecular flexibility index (Phi) is 6.07. The quantitative estimate of drug-likeness (QED) is 0.878. The number of nitrogens with zero attached hydrogens (tertiary/aromatic N) is 1. The van der Waals surface area contributed by atoms with Gasteiger partial charge in [0.15, 0.2) is 0 Å². The van der Waals surface area contributed by atoms with E-state index in [4.69, 9.17) is 9.47 Å². The smallest absolute Gasteiger partial charge is 0.317 e. The first-order chi connectivity index (χ1) is 10.6. The highest BCUT2D eigenvalue weighted by atomic mass is 16.5. The Balaban J connectivity index is 1.76. The Hall–Kier alpha value is -1.75. The molecule has 1 heterocycles. The molecule has 1 aliphatic rings. The number of nitrogens with one attached hydrogen (secondary N) is 1. The zero-order valence-corrected chi connectivity index (χ0v) is 13.6. The second-order valence-electron chi connectivity index (χ2n) is 5.98. The molecule has 0 spiro atoms. The van der Waals surface area contributed by atoms with Gasteiger partial charge in [0, 0.05) is 26.1 Å². The summed E-state index contributed by atoms with van der Waals surface area (Å²) in [5.41, 5.74) is 0. The molecule has 1 aliphatic heterocycles. The van der Waals surface area contributed by atoms with Gasteiger partial charge in [-0.15, -0.1) is 0 Å². The summed E-state index contributed by atoms with van der Waals surface area (Å²) in [5.74, 6) is 1.26. The minimum absolute atomic E-state index is 0.0667. The van der Waals surface area contributed by atoms with Gasteiger partial charge in [0.1, 0.15) is 11.9 Å². The van der Waals surface area contributed by atoms with Crippen molar-refractivity contribution in [3.05, 3.63) is 30.3 Å². The fraction of sp³-hybridized carbons (Fsp3) is 0.588. The number of hydrogen-bond acceptors (Lipinski definition) is 3. The maximum absolute atomic E-state index is 12.2. The van der Waals surface area contributed by atoms with Crippen molar-refractivity contribution in [3.8, 4) is 5.75 Å². The predicted molar refractivity (Wildman–Crippen MR) is 86.1 cm³/mol. The zero-order valence-electron chi connectivity index (χ0n) is 13.6. The molecule has 0 aliphatic carbocycles. The fourth-order valence-corrected chi connectivity index (χ4v) is 2.44. The lowest BCUT2D eigenvalue weighted by Crippen LogP contribution is -2.48. The summed E-state index contributed by atoms with van der Waals surface area (Å²) in [5, 5.41) is 2.99. The van der Waals surface area contributed by atoms with Gasteiger partial charge >= 0.3 is 6.03 Å². The molecule has 5 heteroatoms. The maximum Gasteiger partial charge on any atom is 0.317 e. The standard InChI is InChI=1S/C17H26N2O3/c1-13(14(2)22-16-7-5-4-6-8-16)18-17(20)19(3)11-15-9-10-21-12-15/h4-8,13-15H,9-12H2,1-3H3,(H,18,20)/t13-,14+,15+/m0/s1. The topological polar surface area (TPSA) is 50.8 Å². The molecule has 1 aromatic carbocycles. The number of carbonyl (C=O) groups excluding carboxylic acids is 1. The van der Waals surface area contributed by atoms with E-state index >= 15 is 0 Å². The molecule has 0 radical (unpaired) electrons. The van der Waals surface area contributed by atoms with Crippen LogP contribution in [0.25, 0.3) is 0 Å². The van der Waals surface area contributed by atoms with Gasteiger partial charge < -0.3 is 19.7 Å². The van der Waals surface area contributed by atoms with E-state index in [1.54, 1.807) is 4.90 Å². The summed E-state index contributed by atoms with van der Waals surface area (Å²) in [6.07, 6.45) is 0.926. The molecular formula is C17H26N2O3. The normalized spacial score (nSPS) is 20.2. The second-order valence-corrected chi connectivity index (χ2v) is 5.98. The average Bonchev–Trinajstić information content (AvgIpc) is 3.01. The molecule has 122 valence electrons. The number of rotatable bonds is 6. The Morgan fingerprint density at radius 3 is 2.77 bits per heavy atom. The highest BCUT2D eigenvalue weighted by molar-refractivity contribution is 5.74. The minimum atomic E-state index is -0.102. The molecule has 1 fully saturated rings. The first kappa shape index (κ1) is 16.6. The number of hydrogen-bond donors (Lipinski definition) is 1. The number of amides is 2. The van der Waals surface area contributed by atoms with Gasteiger partial charge in [-0.1, -0.05) is 18.2 Å². The summed E-state index contributed by atoms with van der Waals surface area (Å²) >= 11 is 0. The summed E-state index contributed by atoms with van der Waals surface area (Å²) in [6.45, 7) is 6.20. The van der Waals surface area contributed by atoms with E-state index in [1.165, 1.54) is 0 Å². The summed E-state index contributed by atoms with van der Waals surface area (Å²) in [7, 11) is 1.82. The van der Waals surface area contributed by atoms with Crippen molar-refractivity contribution < 1.29 is 14.3 Å². The highest BCUT2D eigenvalue weighted by Gasteiger charge is 2.22. The van der Waals surface area contributed by atoms with Gasteiger partial charge in [0.05, 0.1) is 12.6 Å². The van der Waals surface area contributed by atoms with E-state index in [-0.39, 0.29) is 18.2 Å². The lowest BCUT2D eigenvalue weighted by molar-refractivity contribution is 0.155. The third-order valence-corrected chi connectivity index (χ3v) is 4.02. The van der Waals surface area contributed by atoms with E-state index < -0.39 is 0 Å². The van der Waals surface area contributed by atoms with Crippen LogP contribution in [0.15, 0.2) is 30.3 Å². The third kappa shape index (κ3) is 4.91. The van der Waals surface area contributed by atoms with Gasteiger partial charge in [-0.25, -0.2) is 4.79 Å². The summed E-state index contributed by atoms with van der Waals surface area (Å²) < 4.78 is 11.2. The van der Waals surface area contributed by atoms with Crippen LogP contribution in [0.2, 0.25) is 0 Å². The highest BCUT2D eigenvalue weighted by Crippen LogP contribution is 2.14. The van der Waals surface area contributed by atoms with Crippen LogP contribution in [0, 0.1) is 5.92 Å². The number of ether oxygens (including phenoxy) is 2. The van der Waals surface area contributed by atoms with E-state index in [1.807, 2.05) is 51.2 Å². The van der Waals surface area contributed by atoms with Crippen LogP contribution in [-0.4, -0.2) is 49.9 Å². The fourth-order valence-electron chi connectivity index (χ4n) is 2.44. The molecule has 2 rings (SSSR count). The van der Waals surface area contributed by atoms with Crippen molar-refractivity contribution in [3.63, 3.8) is 0 Å². The SMILES string of the molecule is C[C@H](NC(=O)N(C)C[C@H]1CCOC1)[C@@H](C)Oc1ccccc1. The van der Waals surface area contributed by atoms with Crippen LogP contribution in [0.4, 0.5) is 4.79 Å². The van der Waals surface area contributed by atoms with E-state index in [0.717, 1.165) is 31.9 Å². The Labute approximate surface area is 132 Å². The maximum atomic E-state index is 12.2. The summed E-state index contributed by atoms with van der Waals surface area (Å²) in [6, 6.07) is 9.50. The second kappa shape index (κ2) is 8.03. The Morgan fingerprint density at radius 1 is 1.41 bits per heavy atom. The first-order valence-corrected chi connectivity index (χ1v) is 7.87. The van der Waals surface area contributed by atoms with Crippen molar-refractivity contribution in [1.82, 2.24) is 10.2 Å². The van der Waals surface area contributed by atoms with E-state index in [2.05, 4.69) is 5.32 Å². The number of carbonyl (C=O) groups is 1. The van der Waals surface area contributed by atoms with Crippen molar-refractivity contribution in [2.75, 3.05) is 26.8 Å². The van der Waals surface area contributed by atoms with Crippen LogP contribution in [-0.2, 0) is 4.74 Å². The first-order valence-electron chi connectivity index (χ1n) is 7.87. The molecule has 0 unspecified atom stereocenters. The molecule has 1 N–H and O–H groups in total. The molecule has 0 aromatic heterocycles. The third-order valence-electron chi connectivity index (χ3n) is 4.02. The lowest BCUT2D eigenvalue weighted by Gasteiger charge is -2.26. The van der Waals surface area contributed by atoms with Crippen LogP contribution >= 0.6 is 0 Å². The van der Waals surface area contributed by atoms with Crippen LogP contribution < -0.4 is 10.1 Å². The van der Waals surface area contributed by atoms with Crippen LogP contribution in [0.5, 0.6) is 5.75 Å². The van der Waals surface area contributed by atoms with Crippen molar-refractivity contribution >= 4 is 6.03 Å². The average molecular weight is 306 g/mol. The van der Waals surface area contributed by atoms with Gasteiger partial charge in [0.25, 0.3) is 0 Å². The van der Waals surface area contributed by atoms with Crippen molar-refractivity contribution in [2.45, 2.75) is 32.4 Å². The predicted octanol–water partition coefficient (Wildman–Crippen LogP) is 2.52. The molecule has 5 nitrogen and oxygen atoms in total. The number of urea groups is 1. The molecule has 1 aromatic rings. The monoisotopic (exact) mass is 306 g/mol. The van der Waals surface area contributed by atoms with Crippen molar-refractivity contribution in [1.29, 1.82) is 0 Å². The molecule has 0 saturated carbocycles. The molecule has 0 bridgehead atoms. The van der Waals surface area contributed by atoms with Gasteiger partial charge in [-0.3, -0.25) is 0 Å². The Morgan fingerprint density at radius 2 is 2.14 bits per heavy atom. The zero-order chi connectivity index (χ0) is 15.9. The largest absolute Gasteiger partial charge is 0.489 e. The minimum Gasteiger partial charge on any atom is -0.489 e. The molecule has 2 amide bonds. The molecule has 3 atom stereocenters. The van der Waals surface area contributed by atoms with Crippen LogP contribution in [0.3, 0.4) is 0 Å². The van der Waals surface area contributed by atoms with Gasteiger partial charge in [-0.2, -0.15) is 0 Å². The number of para-hydroxylation sites is 1. The summed E-state index contributed by atoms with van der Waals surface area (Å²) in [4.78, 5) is 13.9. The molecule has 22 heavy (non-hydrogen) atoms. The molecule has 1 saturated heterocycles. The molecular weight excluding hydrogens is 280 g/mol. The lowest BCUT2D eigenvalue weighted by atomic mass is 10.1. The van der Waals surface area contributed by atoms with Crippen molar-refractivity contribution in [2.24, 2.45) is 5.92 Å².